The molecular weight excluding hydrogens is 120 g/mol. The first kappa shape index (κ1) is 10.0. The molecule has 0 N–H and O–H groups in total. The van der Waals surface area contributed by atoms with Crippen LogP contribution in [0.25, 0.3) is 0 Å². The molecule has 0 amide bonds. The van der Waals surface area contributed by atoms with E-state index >= 15 is 0 Å². The Morgan fingerprint density at radius 2 is 1.90 bits per heavy atom. The van der Waals surface area contributed by atoms with Crippen molar-refractivity contribution in [3.8, 4) is 0 Å². The van der Waals surface area contributed by atoms with Crippen molar-refractivity contribution in [1.82, 2.24) is 0 Å². The average molecular weight is 140 g/mol. The van der Waals surface area contributed by atoms with Gasteiger partial charge in [0.25, 0.3) is 0 Å². The van der Waals surface area contributed by atoms with Crippen molar-refractivity contribution in [2.24, 2.45) is 11.8 Å². The van der Waals surface area contributed by atoms with E-state index in [9.17, 15) is 0 Å². The molecule has 0 nitrogen and oxygen atoms in total. The SMILES string of the molecule is [CH2]CC(CC)CCC([CH2])C. The van der Waals surface area contributed by atoms with E-state index in [0.29, 0.717) is 5.92 Å². The van der Waals surface area contributed by atoms with E-state index in [1.165, 1.54) is 19.3 Å². The molecule has 0 saturated heterocycles. The van der Waals surface area contributed by atoms with Gasteiger partial charge in [-0.3, -0.25) is 0 Å². The second kappa shape index (κ2) is 5.76. The predicted molar refractivity (Wildman–Crippen MR) is 47.5 cm³/mol. The van der Waals surface area contributed by atoms with Crippen LogP contribution in [0, 0.1) is 25.7 Å². The van der Waals surface area contributed by atoms with Gasteiger partial charge in [-0.25, -0.2) is 0 Å². The Labute approximate surface area is 66.0 Å². The molecule has 0 heteroatoms. The van der Waals surface area contributed by atoms with Crippen LogP contribution in [0.4, 0.5) is 0 Å². The Balaban J connectivity index is 3.26. The normalized spacial score (nSPS) is 11.4. The molecule has 0 aliphatic rings. The summed E-state index contributed by atoms with van der Waals surface area (Å²) >= 11 is 0. The van der Waals surface area contributed by atoms with E-state index in [2.05, 4.69) is 27.7 Å². The highest BCUT2D eigenvalue weighted by Crippen LogP contribution is 2.17. The molecule has 0 fully saturated rings. The highest BCUT2D eigenvalue weighted by molar-refractivity contribution is 4.62. The minimum Gasteiger partial charge on any atom is -0.0651 e. The molecule has 10 heavy (non-hydrogen) atoms. The Morgan fingerprint density at radius 1 is 1.30 bits per heavy atom. The van der Waals surface area contributed by atoms with Crippen molar-refractivity contribution in [3.63, 3.8) is 0 Å². The van der Waals surface area contributed by atoms with Gasteiger partial charge in [-0.2, -0.15) is 0 Å². The fourth-order valence-corrected chi connectivity index (χ4v) is 1.07. The Kier molecular flexibility index (Phi) is 5.76. The van der Waals surface area contributed by atoms with Crippen LogP contribution < -0.4 is 0 Å². The van der Waals surface area contributed by atoms with Crippen LogP contribution in [-0.2, 0) is 0 Å². The maximum atomic E-state index is 3.96. The zero-order valence-electron chi connectivity index (χ0n) is 7.40. The minimum atomic E-state index is 0.612. The van der Waals surface area contributed by atoms with Crippen molar-refractivity contribution in [2.45, 2.75) is 39.5 Å². The summed E-state index contributed by atoms with van der Waals surface area (Å²) in [5, 5.41) is 0. The van der Waals surface area contributed by atoms with E-state index < -0.39 is 0 Å². The molecule has 0 aliphatic heterocycles. The third kappa shape index (κ3) is 4.84. The summed E-state index contributed by atoms with van der Waals surface area (Å²) in [5.41, 5.74) is 0. The summed E-state index contributed by atoms with van der Waals surface area (Å²) in [6, 6.07) is 0. The molecule has 0 aliphatic carbocycles. The average Bonchev–Trinajstić information content (AvgIpc) is 1.90. The van der Waals surface area contributed by atoms with Gasteiger partial charge >= 0.3 is 0 Å². The molecule has 0 rings (SSSR count). The lowest BCUT2D eigenvalue weighted by atomic mass is 9.94. The van der Waals surface area contributed by atoms with Gasteiger partial charge in [0.1, 0.15) is 0 Å². The molecule has 0 spiro atoms. The fraction of sp³-hybridized carbons (Fsp3) is 0.800. The van der Waals surface area contributed by atoms with Crippen LogP contribution in [0.15, 0.2) is 0 Å². The summed E-state index contributed by atoms with van der Waals surface area (Å²) in [5.74, 6) is 1.45. The Bertz CT molecular complexity index is 60.4. The Morgan fingerprint density at radius 3 is 2.20 bits per heavy atom. The van der Waals surface area contributed by atoms with Gasteiger partial charge in [0.2, 0.25) is 0 Å². The summed E-state index contributed by atoms with van der Waals surface area (Å²) in [4.78, 5) is 0. The molecule has 60 valence electrons. The summed E-state index contributed by atoms with van der Waals surface area (Å²) in [6.45, 7) is 12.3. The standard InChI is InChI=1S/C10H20/c1-5-10(6-2)8-7-9(3)4/h9-10H,1,3,5-8H2,2,4H3. The summed E-state index contributed by atoms with van der Waals surface area (Å²) < 4.78 is 0. The molecule has 0 aromatic rings. The van der Waals surface area contributed by atoms with Crippen LogP contribution in [0.1, 0.15) is 39.5 Å². The molecular formula is C10H20. The third-order valence-corrected chi connectivity index (χ3v) is 2.05. The summed E-state index contributed by atoms with van der Waals surface area (Å²) in [7, 11) is 0. The van der Waals surface area contributed by atoms with Crippen molar-refractivity contribution < 1.29 is 0 Å². The lowest BCUT2D eigenvalue weighted by molar-refractivity contribution is 0.429. The fourth-order valence-electron chi connectivity index (χ4n) is 1.07. The lowest BCUT2D eigenvalue weighted by Crippen LogP contribution is -1.99. The highest BCUT2D eigenvalue weighted by Gasteiger charge is 2.03. The molecule has 0 aromatic carbocycles. The predicted octanol–water partition coefficient (Wildman–Crippen LogP) is 3.49. The second-order valence-corrected chi connectivity index (χ2v) is 3.25. The topological polar surface area (TPSA) is 0 Å². The molecule has 2 unspecified atom stereocenters. The van der Waals surface area contributed by atoms with Crippen LogP contribution in [-0.4, -0.2) is 0 Å². The van der Waals surface area contributed by atoms with E-state index in [1.54, 1.807) is 0 Å². The number of hydrogen-bond acceptors (Lipinski definition) is 0. The molecule has 0 bridgehead atoms. The molecule has 2 atom stereocenters. The largest absolute Gasteiger partial charge is 0.0651 e. The molecule has 0 saturated carbocycles. The van der Waals surface area contributed by atoms with Gasteiger partial charge < -0.3 is 0 Å². The van der Waals surface area contributed by atoms with E-state index in [0.717, 1.165) is 12.3 Å². The smallest absolute Gasteiger partial charge is 0.0417 e. The number of hydrogen-bond donors (Lipinski definition) is 0. The molecule has 0 aromatic heterocycles. The lowest BCUT2D eigenvalue weighted by Gasteiger charge is -2.12. The molecule has 2 radical (unpaired) electrons. The van der Waals surface area contributed by atoms with Crippen LogP contribution in [0.5, 0.6) is 0 Å². The minimum absolute atomic E-state index is 0.612. The van der Waals surface area contributed by atoms with Gasteiger partial charge in [-0.05, 0) is 11.8 Å². The second-order valence-electron chi connectivity index (χ2n) is 3.25. The first-order valence-electron chi connectivity index (χ1n) is 4.33. The maximum Gasteiger partial charge on any atom is -0.0417 e. The highest BCUT2D eigenvalue weighted by atomic mass is 14.1. The first-order chi connectivity index (χ1) is 4.70. The zero-order valence-corrected chi connectivity index (χ0v) is 7.40. The quantitative estimate of drug-likeness (QED) is 0.548. The van der Waals surface area contributed by atoms with Crippen LogP contribution in [0.3, 0.4) is 0 Å². The van der Waals surface area contributed by atoms with E-state index in [-0.39, 0.29) is 0 Å². The van der Waals surface area contributed by atoms with Crippen LogP contribution >= 0.6 is 0 Å². The zero-order chi connectivity index (χ0) is 7.98. The maximum absolute atomic E-state index is 3.96. The van der Waals surface area contributed by atoms with E-state index in [1.807, 2.05) is 0 Å². The van der Waals surface area contributed by atoms with Crippen LogP contribution in [0.2, 0.25) is 0 Å². The van der Waals surface area contributed by atoms with Gasteiger partial charge in [-0.1, -0.05) is 53.4 Å². The van der Waals surface area contributed by atoms with Gasteiger partial charge in [0.05, 0.1) is 0 Å². The van der Waals surface area contributed by atoms with Gasteiger partial charge in [0, 0.05) is 0 Å². The van der Waals surface area contributed by atoms with Gasteiger partial charge in [-0.15, -0.1) is 0 Å². The van der Waals surface area contributed by atoms with E-state index in [4.69, 9.17) is 0 Å². The summed E-state index contributed by atoms with van der Waals surface area (Å²) in [6.07, 6.45) is 4.93. The monoisotopic (exact) mass is 140 g/mol. The van der Waals surface area contributed by atoms with Crippen molar-refractivity contribution >= 4 is 0 Å². The number of rotatable bonds is 5. The van der Waals surface area contributed by atoms with Crippen molar-refractivity contribution in [2.75, 3.05) is 0 Å². The third-order valence-electron chi connectivity index (χ3n) is 2.05. The molecule has 0 heterocycles. The van der Waals surface area contributed by atoms with Crippen molar-refractivity contribution in [1.29, 1.82) is 0 Å². The Hall–Kier alpha value is 0. The van der Waals surface area contributed by atoms with Crippen molar-refractivity contribution in [3.05, 3.63) is 13.8 Å². The first-order valence-corrected chi connectivity index (χ1v) is 4.33. The van der Waals surface area contributed by atoms with Gasteiger partial charge in [0.15, 0.2) is 0 Å².